The first-order chi connectivity index (χ1) is 8.93. The van der Waals surface area contributed by atoms with E-state index < -0.39 is 0 Å². The van der Waals surface area contributed by atoms with Crippen molar-refractivity contribution in [1.29, 1.82) is 0 Å². The van der Waals surface area contributed by atoms with E-state index in [1.54, 1.807) is 12.4 Å². The molecule has 0 saturated heterocycles. The molecule has 0 aliphatic carbocycles. The fourth-order valence-corrected chi connectivity index (χ4v) is 1.58. The summed E-state index contributed by atoms with van der Waals surface area (Å²) in [5.74, 6) is 0. The van der Waals surface area contributed by atoms with Gasteiger partial charge in [0.15, 0.2) is 12.0 Å². The van der Waals surface area contributed by atoms with Crippen molar-refractivity contribution in [2.24, 2.45) is 0 Å². The van der Waals surface area contributed by atoms with Crippen molar-refractivity contribution in [3.05, 3.63) is 55.2 Å². The summed E-state index contributed by atoms with van der Waals surface area (Å²) >= 11 is 0. The van der Waals surface area contributed by atoms with Gasteiger partial charge >= 0.3 is 0 Å². The van der Waals surface area contributed by atoms with Gasteiger partial charge < -0.3 is 4.42 Å². The lowest BCUT2D eigenvalue weighted by Gasteiger charge is -1.80. The van der Waals surface area contributed by atoms with Crippen LogP contribution >= 0.6 is 0 Å². The molecule has 3 aromatic heterocycles. The van der Waals surface area contributed by atoms with E-state index in [0.29, 0.717) is 0 Å². The number of oxazole rings is 1. The van der Waals surface area contributed by atoms with Crippen molar-refractivity contribution < 1.29 is 4.42 Å². The lowest BCUT2D eigenvalue weighted by atomic mass is 10.3. The third-order valence-electron chi connectivity index (χ3n) is 2.45. The average molecular weight is 238 g/mol. The lowest BCUT2D eigenvalue weighted by Crippen LogP contribution is -1.69. The monoisotopic (exact) mass is 238 g/mol. The van der Waals surface area contributed by atoms with Gasteiger partial charge in [-0.2, -0.15) is 5.10 Å². The summed E-state index contributed by atoms with van der Waals surface area (Å²) in [5, 5.41) is 6.62. The molecule has 4 aromatic rings. The van der Waals surface area contributed by atoms with Crippen LogP contribution in [0.1, 0.15) is 0 Å². The molecule has 0 aliphatic rings. The maximum Gasteiger partial charge on any atom is 0.181 e. The second-order valence-electron chi connectivity index (χ2n) is 3.63. The molecule has 0 unspecified atom stereocenters. The van der Waals surface area contributed by atoms with Crippen LogP contribution < -0.4 is 0 Å². The van der Waals surface area contributed by atoms with E-state index in [0.717, 1.165) is 22.1 Å². The Balaban J connectivity index is 0.000000111. The zero-order chi connectivity index (χ0) is 12.2. The molecule has 5 nitrogen and oxygen atoms in total. The number of hydrogen-bond donors (Lipinski definition) is 1. The molecule has 0 atom stereocenters. The van der Waals surface area contributed by atoms with Crippen molar-refractivity contribution in [1.82, 2.24) is 20.2 Å². The maximum atomic E-state index is 5.01. The smallest absolute Gasteiger partial charge is 0.181 e. The van der Waals surface area contributed by atoms with E-state index in [4.69, 9.17) is 4.42 Å². The standard InChI is InChI=1S/C7H5NO.C6H5N3/c1-2-4-7-6(3-1)8-5-9-7;1-2-5-6(7-3-1)4-8-9-5/h1-5H;1-4H,(H,8,9). The molecule has 1 aromatic carbocycles. The van der Waals surface area contributed by atoms with Gasteiger partial charge in [-0.15, -0.1) is 0 Å². The van der Waals surface area contributed by atoms with Gasteiger partial charge in [-0.3, -0.25) is 10.1 Å². The summed E-state index contributed by atoms with van der Waals surface area (Å²) in [5.41, 5.74) is 3.66. The van der Waals surface area contributed by atoms with Crippen molar-refractivity contribution in [2.75, 3.05) is 0 Å². The molecule has 0 fully saturated rings. The van der Waals surface area contributed by atoms with Crippen molar-refractivity contribution in [2.45, 2.75) is 0 Å². The Morgan fingerprint density at radius 3 is 2.78 bits per heavy atom. The van der Waals surface area contributed by atoms with Crippen molar-refractivity contribution in [3.63, 3.8) is 0 Å². The van der Waals surface area contributed by atoms with E-state index in [1.165, 1.54) is 6.39 Å². The van der Waals surface area contributed by atoms with Crippen LogP contribution in [0.2, 0.25) is 0 Å². The zero-order valence-electron chi connectivity index (χ0n) is 9.45. The number of pyridine rings is 1. The molecule has 4 rings (SSSR count). The Morgan fingerprint density at radius 1 is 0.944 bits per heavy atom. The predicted octanol–water partition coefficient (Wildman–Crippen LogP) is 2.79. The molecule has 0 radical (unpaired) electrons. The molecule has 0 bridgehead atoms. The third kappa shape index (κ3) is 2.06. The molecule has 88 valence electrons. The molecule has 1 N–H and O–H groups in total. The molecule has 0 amide bonds. The van der Waals surface area contributed by atoms with E-state index in [-0.39, 0.29) is 0 Å². The number of benzene rings is 1. The van der Waals surface area contributed by atoms with Crippen molar-refractivity contribution >= 4 is 22.1 Å². The van der Waals surface area contributed by atoms with Gasteiger partial charge in [0.25, 0.3) is 0 Å². The summed E-state index contributed by atoms with van der Waals surface area (Å²) in [6, 6.07) is 11.5. The summed E-state index contributed by atoms with van der Waals surface area (Å²) in [4.78, 5) is 8.00. The zero-order valence-corrected chi connectivity index (χ0v) is 9.45. The van der Waals surface area contributed by atoms with Crippen LogP contribution in [0.25, 0.3) is 22.1 Å². The van der Waals surface area contributed by atoms with Crippen LogP contribution in [0.15, 0.2) is 59.6 Å². The van der Waals surface area contributed by atoms with Gasteiger partial charge in [0.05, 0.1) is 11.7 Å². The van der Waals surface area contributed by atoms with E-state index in [1.807, 2.05) is 36.4 Å². The highest BCUT2D eigenvalue weighted by atomic mass is 16.3. The summed E-state index contributed by atoms with van der Waals surface area (Å²) < 4.78 is 5.01. The number of para-hydroxylation sites is 2. The summed E-state index contributed by atoms with van der Waals surface area (Å²) in [7, 11) is 0. The minimum atomic E-state index is 0.845. The number of nitrogens with one attached hydrogen (secondary N) is 1. The number of H-pyrrole nitrogens is 1. The number of hydrogen-bond acceptors (Lipinski definition) is 4. The average Bonchev–Trinajstić information content (AvgIpc) is 3.08. The first kappa shape index (κ1) is 10.5. The van der Waals surface area contributed by atoms with Gasteiger partial charge in [-0.05, 0) is 24.3 Å². The second kappa shape index (κ2) is 4.67. The first-order valence-electron chi connectivity index (χ1n) is 5.46. The Hall–Kier alpha value is -2.69. The first-order valence-corrected chi connectivity index (χ1v) is 5.46. The highest BCUT2D eigenvalue weighted by molar-refractivity contribution is 5.72. The van der Waals surface area contributed by atoms with Crippen LogP contribution in [-0.2, 0) is 0 Å². The summed E-state index contributed by atoms with van der Waals surface area (Å²) in [6.07, 6.45) is 4.90. The third-order valence-corrected chi connectivity index (χ3v) is 2.45. The number of fused-ring (bicyclic) bond motifs is 2. The van der Waals surface area contributed by atoms with Gasteiger partial charge in [-0.25, -0.2) is 4.98 Å². The molecule has 3 heterocycles. The quantitative estimate of drug-likeness (QED) is 0.511. The fourth-order valence-electron chi connectivity index (χ4n) is 1.58. The van der Waals surface area contributed by atoms with Gasteiger partial charge in [0.2, 0.25) is 0 Å². The topological polar surface area (TPSA) is 67.6 Å². The van der Waals surface area contributed by atoms with E-state index >= 15 is 0 Å². The van der Waals surface area contributed by atoms with E-state index in [9.17, 15) is 0 Å². The Labute approximate surface area is 102 Å². The van der Waals surface area contributed by atoms with Crippen LogP contribution in [0.3, 0.4) is 0 Å². The van der Waals surface area contributed by atoms with Gasteiger partial charge in [0.1, 0.15) is 11.0 Å². The van der Waals surface area contributed by atoms with Crippen LogP contribution in [-0.4, -0.2) is 20.2 Å². The number of aromatic amines is 1. The van der Waals surface area contributed by atoms with Crippen LogP contribution in [0.4, 0.5) is 0 Å². The van der Waals surface area contributed by atoms with Gasteiger partial charge in [-0.1, -0.05) is 12.1 Å². The number of aromatic nitrogens is 4. The van der Waals surface area contributed by atoms with Crippen molar-refractivity contribution in [3.8, 4) is 0 Å². The molecule has 0 saturated carbocycles. The van der Waals surface area contributed by atoms with E-state index in [2.05, 4.69) is 20.2 Å². The molecule has 5 heteroatoms. The molecule has 0 spiro atoms. The normalized spacial score (nSPS) is 10.2. The Bertz CT molecular complexity index is 633. The summed E-state index contributed by atoms with van der Waals surface area (Å²) in [6.45, 7) is 0. The van der Waals surface area contributed by atoms with Gasteiger partial charge in [0, 0.05) is 6.20 Å². The predicted molar refractivity (Wildman–Crippen MR) is 67.9 cm³/mol. The van der Waals surface area contributed by atoms with Crippen LogP contribution in [0, 0.1) is 0 Å². The molecule has 0 aliphatic heterocycles. The SMILES string of the molecule is c1ccc2ocnc2c1.c1cnc2cn[nH]c2c1. The molecular formula is C13H10N4O. The highest BCUT2D eigenvalue weighted by Gasteiger charge is 1.91. The molecular weight excluding hydrogens is 228 g/mol. The minimum absolute atomic E-state index is 0.845. The van der Waals surface area contributed by atoms with Crippen LogP contribution in [0.5, 0.6) is 0 Å². The second-order valence-corrected chi connectivity index (χ2v) is 3.63. The Kier molecular flexibility index (Phi) is 2.71. The largest absolute Gasteiger partial charge is 0.443 e. The molecule has 18 heavy (non-hydrogen) atoms. The minimum Gasteiger partial charge on any atom is -0.443 e. The Morgan fingerprint density at radius 2 is 1.89 bits per heavy atom. The maximum absolute atomic E-state index is 5.01. The lowest BCUT2D eigenvalue weighted by molar-refractivity contribution is 0.602. The number of nitrogens with zero attached hydrogens (tertiary/aromatic N) is 3. The highest BCUT2D eigenvalue weighted by Crippen LogP contribution is 2.09. The fraction of sp³-hybridized carbons (Fsp3) is 0. The number of rotatable bonds is 0.